The maximum atomic E-state index is 11.7. The van der Waals surface area contributed by atoms with E-state index in [1.165, 1.54) is 5.56 Å². The zero-order valence-corrected chi connectivity index (χ0v) is 12.7. The van der Waals surface area contributed by atoms with Crippen LogP contribution in [0, 0.1) is 0 Å². The number of aryl methyl sites for hydroxylation is 2. The van der Waals surface area contributed by atoms with E-state index in [9.17, 15) is 4.79 Å². The molecule has 106 valence electrons. The highest BCUT2D eigenvalue weighted by Gasteiger charge is 2.02. The Balaban J connectivity index is 1.59. The first-order valence-electron chi connectivity index (χ1n) is 6.63. The van der Waals surface area contributed by atoms with Crippen molar-refractivity contribution in [3.63, 3.8) is 0 Å². The Kier molecular flexibility index (Phi) is 5.80. The van der Waals surface area contributed by atoms with E-state index in [4.69, 9.17) is 4.52 Å². The second-order valence-corrected chi connectivity index (χ2v) is 5.53. The fourth-order valence-electron chi connectivity index (χ4n) is 1.87. The number of hydrogen-bond donors (Lipinski definition) is 1. The summed E-state index contributed by atoms with van der Waals surface area (Å²) in [6.45, 7) is 0.685. The first kappa shape index (κ1) is 14.8. The zero-order valence-electron chi connectivity index (χ0n) is 11.1. The Hall–Kier alpha value is -1.62. The van der Waals surface area contributed by atoms with Crippen LogP contribution in [0.15, 0.2) is 45.7 Å². The fraction of sp³-hybridized carbons (Fsp3) is 0.333. The lowest BCUT2D eigenvalue weighted by Gasteiger charge is -2.05. The first-order chi connectivity index (χ1) is 9.74. The number of aromatic nitrogens is 1. The highest BCUT2D eigenvalue weighted by Crippen LogP contribution is 2.11. The van der Waals surface area contributed by atoms with Crippen LogP contribution in [0.1, 0.15) is 24.0 Å². The molecule has 1 amide bonds. The van der Waals surface area contributed by atoms with Crippen molar-refractivity contribution in [1.82, 2.24) is 10.5 Å². The fourth-order valence-corrected chi connectivity index (χ4v) is 2.13. The molecule has 4 nitrogen and oxygen atoms in total. The van der Waals surface area contributed by atoms with Crippen LogP contribution in [-0.4, -0.2) is 17.6 Å². The van der Waals surface area contributed by atoms with Crippen molar-refractivity contribution < 1.29 is 9.32 Å². The molecule has 0 bridgehead atoms. The molecule has 0 fully saturated rings. The Morgan fingerprint density at radius 2 is 2.00 bits per heavy atom. The van der Waals surface area contributed by atoms with Crippen molar-refractivity contribution in [3.05, 3.63) is 52.3 Å². The van der Waals surface area contributed by atoms with Gasteiger partial charge in [-0.15, -0.1) is 0 Å². The average molecular weight is 337 g/mol. The molecule has 0 radical (unpaired) electrons. The van der Waals surface area contributed by atoms with Crippen LogP contribution < -0.4 is 5.32 Å². The lowest BCUT2D eigenvalue weighted by Crippen LogP contribution is -2.24. The van der Waals surface area contributed by atoms with Crippen LogP contribution in [0.5, 0.6) is 0 Å². The summed E-state index contributed by atoms with van der Waals surface area (Å²) in [6.07, 6.45) is 6.39. The Morgan fingerprint density at radius 3 is 2.70 bits per heavy atom. The van der Waals surface area contributed by atoms with Gasteiger partial charge < -0.3 is 9.84 Å². The molecule has 0 aliphatic heterocycles. The van der Waals surface area contributed by atoms with Gasteiger partial charge in [-0.3, -0.25) is 4.79 Å². The Morgan fingerprint density at radius 1 is 1.20 bits per heavy atom. The maximum Gasteiger partial charge on any atom is 0.220 e. The first-order valence-corrected chi connectivity index (χ1v) is 7.43. The average Bonchev–Trinajstić information content (AvgIpc) is 2.96. The smallest absolute Gasteiger partial charge is 0.220 e. The molecule has 0 saturated heterocycles. The number of rotatable bonds is 7. The van der Waals surface area contributed by atoms with Gasteiger partial charge in [0.25, 0.3) is 0 Å². The maximum absolute atomic E-state index is 11.7. The van der Waals surface area contributed by atoms with Gasteiger partial charge in [0.1, 0.15) is 6.26 Å². The van der Waals surface area contributed by atoms with Gasteiger partial charge in [-0.2, -0.15) is 0 Å². The largest absolute Gasteiger partial charge is 0.364 e. The quantitative estimate of drug-likeness (QED) is 0.790. The van der Waals surface area contributed by atoms with Crippen LogP contribution in [0.2, 0.25) is 0 Å². The van der Waals surface area contributed by atoms with Crippen molar-refractivity contribution >= 4 is 21.8 Å². The van der Waals surface area contributed by atoms with Crippen LogP contribution in [0.25, 0.3) is 0 Å². The zero-order chi connectivity index (χ0) is 14.2. The van der Waals surface area contributed by atoms with Gasteiger partial charge in [-0.1, -0.05) is 33.2 Å². The predicted molar refractivity (Wildman–Crippen MR) is 80.3 cm³/mol. The van der Waals surface area contributed by atoms with E-state index < -0.39 is 0 Å². The number of carbonyl (C=O) groups excluding carboxylic acids is 1. The van der Waals surface area contributed by atoms with E-state index in [0.717, 1.165) is 29.3 Å². The van der Waals surface area contributed by atoms with E-state index in [1.807, 2.05) is 24.3 Å². The molecule has 2 rings (SSSR count). The highest BCUT2D eigenvalue weighted by atomic mass is 79.9. The van der Waals surface area contributed by atoms with Gasteiger partial charge in [0.2, 0.25) is 5.91 Å². The number of nitrogens with zero attached hydrogens (tertiary/aromatic N) is 1. The van der Waals surface area contributed by atoms with Gasteiger partial charge in [0.15, 0.2) is 0 Å². The van der Waals surface area contributed by atoms with Crippen molar-refractivity contribution in [2.75, 3.05) is 6.54 Å². The molecule has 0 aliphatic rings. The molecule has 2 aromatic rings. The topological polar surface area (TPSA) is 55.1 Å². The summed E-state index contributed by atoms with van der Waals surface area (Å²) in [6, 6.07) is 8.05. The summed E-state index contributed by atoms with van der Waals surface area (Å²) in [5, 5.41) is 6.57. The Labute approximate surface area is 126 Å². The van der Waals surface area contributed by atoms with E-state index in [0.29, 0.717) is 13.0 Å². The van der Waals surface area contributed by atoms with E-state index in [2.05, 4.69) is 26.4 Å². The van der Waals surface area contributed by atoms with Gasteiger partial charge in [0, 0.05) is 23.0 Å². The SMILES string of the molecule is O=C(CCc1ccc(Br)cc1)NCCCc1cnoc1. The molecule has 5 heteroatoms. The summed E-state index contributed by atoms with van der Waals surface area (Å²) in [4.78, 5) is 11.7. The molecule has 1 aromatic heterocycles. The van der Waals surface area contributed by atoms with Crippen LogP contribution in [-0.2, 0) is 17.6 Å². The van der Waals surface area contributed by atoms with Crippen molar-refractivity contribution in [3.8, 4) is 0 Å². The van der Waals surface area contributed by atoms with Gasteiger partial charge in [-0.05, 0) is 37.0 Å². The third kappa shape index (κ3) is 5.17. The molecule has 0 saturated carbocycles. The van der Waals surface area contributed by atoms with Crippen LogP contribution >= 0.6 is 15.9 Å². The monoisotopic (exact) mass is 336 g/mol. The molecular formula is C15H17BrN2O2. The third-order valence-electron chi connectivity index (χ3n) is 3.00. The third-order valence-corrected chi connectivity index (χ3v) is 3.53. The second kappa shape index (κ2) is 7.85. The molecular weight excluding hydrogens is 320 g/mol. The lowest BCUT2D eigenvalue weighted by atomic mass is 10.1. The van der Waals surface area contributed by atoms with Gasteiger partial charge in [0.05, 0.1) is 6.20 Å². The van der Waals surface area contributed by atoms with Crippen LogP contribution in [0.3, 0.4) is 0 Å². The summed E-state index contributed by atoms with van der Waals surface area (Å²) < 4.78 is 5.80. The molecule has 0 aliphatic carbocycles. The van der Waals surface area contributed by atoms with Gasteiger partial charge >= 0.3 is 0 Å². The molecule has 0 unspecified atom stereocenters. The minimum Gasteiger partial charge on any atom is -0.364 e. The normalized spacial score (nSPS) is 10.4. The van der Waals surface area contributed by atoms with Crippen molar-refractivity contribution in [2.24, 2.45) is 0 Å². The molecule has 1 heterocycles. The summed E-state index contributed by atoms with van der Waals surface area (Å²) in [5.74, 6) is 0.0956. The molecule has 1 N–H and O–H groups in total. The number of benzene rings is 1. The standard InChI is InChI=1S/C15H17BrN2O2/c16-14-6-3-12(4-7-14)5-8-15(19)17-9-1-2-13-10-18-20-11-13/h3-4,6-7,10-11H,1-2,5,8-9H2,(H,17,19). The Bertz CT molecular complexity index is 523. The molecule has 20 heavy (non-hydrogen) atoms. The second-order valence-electron chi connectivity index (χ2n) is 4.61. The van der Waals surface area contributed by atoms with E-state index in [-0.39, 0.29) is 5.91 Å². The van der Waals surface area contributed by atoms with E-state index >= 15 is 0 Å². The van der Waals surface area contributed by atoms with Crippen LogP contribution in [0.4, 0.5) is 0 Å². The number of amides is 1. The highest BCUT2D eigenvalue weighted by molar-refractivity contribution is 9.10. The number of carbonyl (C=O) groups is 1. The lowest BCUT2D eigenvalue weighted by molar-refractivity contribution is -0.121. The van der Waals surface area contributed by atoms with Crippen molar-refractivity contribution in [1.29, 1.82) is 0 Å². The minimum absolute atomic E-state index is 0.0956. The summed E-state index contributed by atoms with van der Waals surface area (Å²) >= 11 is 3.39. The molecule has 0 spiro atoms. The van der Waals surface area contributed by atoms with Gasteiger partial charge in [-0.25, -0.2) is 0 Å². The molecule has 0 atom stereocenters. The number of hydrogen-bond acceptors (Lipinski definition) is 3. The summed E-state index contributed by atoms with van der Waals surface area (Å²) in [7, 11) is 0. The minimum atomic E-state index is 0.0956. The predicted octanol–water partition coefficient (Wildman–Crippen LogP) is 3.12. The number of nitrogens with one attached hydrogen (secondary N) is 1. The number of halogens is 1. The van der Waals surface area contributed by atoms with Crippen molar-refractivity contribution in [2.45, 2.75) is 25.7 Å². The molecule has 1 aromatic carbocycles. The van der Waals surface area contributed by atoms with E-state index in [1.54, 1.807) is 12.5 Å². The summed E-state index contributed by atoms with van der Waals surface area (Å²) in [5.41, 5.74) is 2.24.